The second kappa shape index (κ2) is 8.60. The molecule has 1 aromatic heterocycles. The highest BCUT2D eigenvalue weighted by atomic mass is 14.9. The smallest absolute Gasteiger partial charge is 0.0524 e. The van der Waals surface area contributed by atoms with E-state index in [1.807, 2.05) is 12.3 Å². The van der Waals surface area contributed by atoms with Crippen LogP contribution in [-0.2, 0) is 5.41 Å². The van der Waals surface area contributed by atoms with Crippen LogP contribution in [0, 0.1) is 0 Å². The Morgan fingerprint density at radius 1 is 0.786 bits per heavy atom. The van der Waals surface area contributed by atoms with Crippen LogP contribution in [0.5, 0.6) is 0 Å². The van der Waals surface area contributed by atoms with Gasteiger partial charge < -0.3 is 5.32 Å². The monoisotopic (exact) mass is 372 g/mol. The van der Waals surface area contributed by atoms with Gasteiger partial charge in [-0.05, 0) is 47.6 Å². The highest BCUT2D eigenvalue weighted by Crippen LogP contribution is 2.35. The van der Waals surface area contributed by atoms with Crippen LogP contribution in [0.3, 0.4) is 0 Å². The van der Waals surface area contributed by atoms with Crippen molar-refractivity contribution in [2.24, 2.45) is 0 Å². The summed E-state index contributed by atoms with van der Waals surface area (Å²) in [5, 5.41) is 3.84. The molecular weight excluding hydrogens is 340 g/mol. The van der Waals surface area contributed by atoms with E-state index in [1.54, 1.807) is 0 Å². The molecule has 146 valence electrons. The Labute approximate surface area is 170 Å². The minimum atomic E-state index is -0.221. The number of nitrogens with one attached hydrogen (secondary N) is 1. The van der Waals surface area contributed by atoms with E-state index in [9.17, 15) is 0 Å². The Morgan fingerprint density at radius 2 is 1.39 bits per heavy atom. The first-order chi connectivity index (χ1) is 13.4. The van der Waals surface area contributed by atoms with E-state index >= 15 is 0 Å². The van der Waals surface area contributed by atoms with Gasteiger partial charge in [-0.15, -0.1) is 0 Å². The maximum absolute atomic E-state index is 4.71. The molecule has 0 spiro atoms. The van der Waals surface area contributed by atoms with Gasteiger partial charge in [0.15, 0.2) is 0 Å². The number of benzene rings is 2. The molecule has 3 aromatic rings. The molecule has 0 radical (unpaired) electrons. The number of nitrogens with zero attached hydrogens (tertiary/aromatic N) is 1. The van der Waals surface area contributed by atoms with Crippen molar-refractivity contribution in [3.05, 3.63) is 95.3 Å². The van der Waals surface area contributed by atoms with Crippen LogP contribution in [0.1, 0.15) is 68.8 Å². The molecule has 0 amide bonds. The third kappa shape index (κ3) is 4.11. The van der Waals surface area contributed by atoms with Crippen molar-refractivity contribution in [3.8, 4) is 0 Å². The normalized spacial score (nSPS) is 13.5. The molecule has 0 aliphatic carbocycles. The number of rotatable bonds is 7. The lowest BCUT2D eigenvalue weighted by molar-refractivity contribution is 0.582. The van der Waals surface area contributed by atoms with E-state index in [0.717, 1.165) is 12.2 Å². The predicted octanol–water partition coefficient (Wildman–Crippen LogP) is 6.75. The first-order valence-corrected chi connectivity index (χ1v) is 10.3. The van der Waals surface area contributed by atoms with Crippen LogP contribution in [0.2, 0.25) is 0 Å². The molecule has 2 nitrogen and oxygen atoms in total. The fraction of sp³-hybridized carbons (Fsp3) is 0.346. The Bertz CT molecular complexity index is 817. The predicted molar refractivity (Wildman–Crippen MR) is 120 cm³/mol. The Balaban J connectivity index is 2.03. The number of anilines is 1. The van der Waals surface area contributed by atoms with Crippen molar-refractivity contribution in [2.45, 2.75) is 51.9 Å². The molecule has 1 atom stereocenters. The van der Waals surface area contributed by atoms with Gasteiger partial charge in [0.25, 0.3) is 0 Å². The first-order valence-electron chi connectivity index (χ1n) is 10.3. The number of aromatic nitrogens is 1. The molecule has 0 bridgehead atoms. The third-order valence-electron chi connectivity index (χ3n) is 5.63. The zero-order valence-electron chi connectivity index (χ0n) is 17.7. The van der Waals surface area contributed by atoms with Crippen molar-refractivity contribution in [2.75, 3.05) is 11.9 Å². The fourth-order valence-electron chi connectivity index (χ4n) is 3.86. The summed E-state index contributed by atoms with van der Waals surface area (Å²) in [6.45, 7) is 12.1. The van der Waals surface area contributed by atoms with Gasteiger partial charge in [-0.3, -0.25) is 4.98 Å². The summed E-state index contributed by atoms with van der Waals surface area (Å²) in [7, 11) is 0. The van der Waals surface area contributed by atoms with E-state index < -0.39 is 0 Å². The summed E-state index contributed by atoms with van der Waals surface area (Å²) in [5.41, 5.74) is 6.17. The number of hydrogen-bond donors (Lipinski definition) is 1. The Kier molecular flexibility index (Phi) is 6.18. The Morgan fingerprint density at radius 3 is 1.93 bits per heavy atom. The lowest BCUT2D eigenvalue weighted by Gasteiger charge is -2.32. The zero-order chi connectivity index (χ0) is 20.1. The second-order valence-corrected chi connectivity index (χ2v) is 8.39. The summed E-state index contributed by atoms with van der Waals surface area (Å²) >= 11 is 0. The van der Waals surface area contributed by atoms with Crippen LogP contribution in [0.15, 0.2) is 72.9 Å². The van der Waals surface area contributed by atoms with Crippen LogP contribution >= 0.6 is 0 Å². The molecule has 0 saturated heterocycles. The maximum Gasteiger partial charge on any atom is 0.0524 e. The second-order valence-electron chi connectivity index (χ2n) is 8.39. The van der Waals surface area contributed by atoms with E-state index in [2.05, 4.69) is 101 Å². The summed E-state index contributed by atoms with van der Waals surface area (Å²) in [6, 6.07) is 23.6. The van der Waals surface area contributed by atoms with Crippen LogP contribution in [0.25, 0.3) is 0 Å². The van der Waals surface area contributed by atoms with Crippen molar-refractivity contribution < 1.29 is 0 Å². The molecular formula is C26H32N2. The van der Waals surface area contributed by atoms with Gasteiger partial charge in [0.2, 0.25) is 0 Å². The number of pyridine rings is 1. The summed E-state index contributed by atoms with van der Waals surface area (Å²) in [5.74, 6) is 0.943. The molecule has 2 aromatic carbocycles. The molecule has 1 heterocycles. The average Bonchev–Trinajstić information content (AvgIpc) is 2.72. The molecule has 3 rings (SSSR count). The van der Waals surface area contributed by atoms with Gasteiger partial charge in [-0.2, -0.15) is 0 Å². The van der Waals surface area contributed by atoms with Gasteiger partial charge in [-0.1, -0.05) is 82.3 Å². The molecule has 1 N–H and O–H groups in total. The lowest BCUT2D eigenvalue weighted by atomic mass is 9.78. The van der Waals surface area contributed by atoms with Gasteiger partial charge in [0.1, 0.15) is 0 Å². The largest absolute Gasteiger partial charge is 0.383 e. The third-order valence-corrected chi connectivity index (χ3v) is 5.63. The van der Waals surface area contributed by atoms with Gasteiger partial charge in [0.05, 0.1) is 11.1 Å². The maximum atomic E-state index is 4.71. The molecule has 28 heavy (non-hydrogen) atoms. The molecule has 0 aliphatic rings. The van der Waals surface area contributed by atoms with E-state index in [0.29, 0.717) is 11.8 Å². The van der Waals surface area contributed by atoms with Gasteiger partial charge in [0, 0.05) is 18.4 Å². The highest BCUT2D eigenvalue weighted by molar-refractivity contribution is 5.61. The summed E-state index contributed by atoms with van der Waals surface area (Å²) < 4.78 is 0. The number of para-hydroxylation sites is 1. The van der Waals surface area contributed by atoms with Crippen molar-refractivity contribution in [3.63, 3.8) is 0 Å². The minimum Gasteiger partial charge on any atom is -0.383 e. The topological polar surface area (TPSA) is 24.9 Å². The van der Waals surface area contributed by atoms with Gasteiger partial charge >= 0.3 is 0 Å². The minimum absolute atomic E-state index is 0.221. The molecule has 0 saturated carbocycles. The van der Waals surface area contributed by atoms with Crippen LogP contribution < -0.4 is 5.32 Å². The van der Waals surface area contributed by atoms with E-state index in [4.69, 9.17) is 4.98 Å². The highest BCUT2D eigenvalue weighted by Gasteiger charge is 2.30. The molecule has 2 heteroatoms. The van der Waals surface area contributed by atoms with Gasteiger partial charge in [-0.25, -0.2) is 0 Å². The van der Waals surface area contributed by atoms with Crippen LogP contribution in [0.4, 0.5) is 5.69 Å². The summed E-state index contributed by atoms with van der Waals surface area (Å²) in [4.78, 5) is 4.71. The number of hydrogen-bond acceptors (Lipinski definition) is 2. The quantitative estimate of drug-likeness (QED) is 0.496. The zero-order valence-corrected chi connectivity index (χ0v) is 17.7. The van der Waals surface area contributed by atoms with E-state index in [-0.39, 0.29) is 5.41 Å². The van der Waals surface area contributed by atoms with Crippen LogP contribution in [-0.4, -0.2) is 11.5 Å². The van der Waals surface area contributed by atoms with Crippen molar-refractivity contribution in [1.82, 2.24) is 4.98 Å². The molecule has 1 unspecified atom stereocenters. The Hall–Kier alpha value is -2.61. The SMILES string of the molecule is CC(C)c1cccc(C(C)C)c1NCC(C)(c1ccccc1)c1ccccn1. The average molecular weight is 373 g/mol. The standard InChI is InChI=1S/C26H32N2/c1-19(2)22-14-11-15-23(20(3)4)25(22)28-18-26(5,21-12-7-6-8-13-21)24-16-9-10-17-27-24/h6-17,19-20,28H,18H2,1-5H3. The molecule has 0 fully saturated rings. The summed E-state index contributed by atoms with van der Waals surface area (Å²) in [6.07, 6.45) is 1.89. The molecule has 0 aliphatic heterocycles. The van der Waals surface area contributed by atoms with Crippen molar-refractivity contribution >= 4 is 5.69 Å². The first kappa shape index (κ1) is 20.1. The lowest BCUT2D eigenvalue weighted by Crippen LogP contribution is -2.34. The van der Waals surface area contributed by atoms with E-state index in [1.165, 1.54) is 22.4 Å². The fourth-order valence-corrected chi connectivity index (χ4v) is 3.86. The van der Waals surface area contributed by atoms with Crippen molar-refractivity contribution in [1.29, 1.82) is 0 Å².